The van der Waals surface area contributed by atoms with Crippen LogP contribution in [0.5, 0.6) is 0 Å². The smallest absolute Gasteiger partial charge is 0.437 e. The summed E-state index contributed by atoms with van der Waals surface area (Å²) in [5.74, 6) is -1.53. The molecule has 0 amide bonds. The maximum Gasteiger partial charge on any atom is 0.480 e. The lowest BCUT2D eigenvalue weighted by Crippen LogP contribution is -2.42. The van der Waals surface area contributed by atoms with Crippen molar-refractivity contribution in [3.05, 3.63) is 33.1 Å². The number of ether oxygens (including phenoxy) is 3. The van der Waals surface area contributed by atoms with Crippen molar-refractivity contribution < 1.29 is 51.4 Å². The molecule has 3 atom stereocenters. The molecule has 39 heavy (non-hydrogen) atoms. The van der Waals surface area contributed by atoms with Gasteiger partial charge in [0.05, 0.1) is 24.0 Å². The van der Waals surface area contributed by atoms with Gasteiger partial charge in [-0.3, -0.25) is 28.5 Å². The van der Waals surface area contributed by atoms with Crippen LogP contribution in [0.3, 0.4) is 0 Å². The van der Waals surface area contributed by atoms with Crippen LogP contribution in [0, 0.1) is 10.8 Å². The van der Waals surface area contributed by atoms with E-state index in [2.05, 4.69) is 0 Å². The summed E-state index contributed by atoms with van der Waals surface area (Å²) in [6.45, 7) is 6.23. The summed E-state index contributed by atoms with van der Waals surface area (Å²) >= 11 is 5.58. The minimum Gasteiger partial charge on any atom is -0.437 e. The van der Waals surface area contributed by atoms with Gasteiger partial charge in [0.15, 0.2) is 12.4 Å². The van der Waals surface area contributed by atoms with Gasteiger partial charge in [0.1, 0.15) is 6.10 Å². The molecule has 0 aliphatic rings. The fourth-order valence-corrected chi connectivity index (χ4v) is 3.41. The summed E-state index contributed by atoms with van der Waals surface area (Å²) in [6, 6.07) is 0.932. The molecule has 1 aromatic rings. The van der Waals surface area contributed by atoms with Gasteiger partial charge in [-0.2, -0.15) is 0 Å². The second-order valence-corrected chi connectivity index (χ2v) is 12.1. The minimum absolute atomic E-state index is 0.0919. The minimum atomic E-state index is -4.73. The molecule has 0 saturated carbocycles. The summed E-state index contributed by atoms with van der Waals surface area (Å²) in [5, 5.41) is 10.4. The molecule has 1 unspecified atom stereocenters. The predicted molar refractivity (Wildman–Crippen MR) is 134 cm³/mol. The SMILES string of the molecule is CC(C)(C)C(=O)OCOP(=O)(OCOC(=O)C(C)(C)C)OCC(O)[C@@H](F)[C@@H](OCCCl)n1ccc(=O)[nH]c1=O. The molecule has 1 rings (SSSR count). The third-order valence-electron chi connectivity index (χ3n) is 4.56. The van der Waals surface area contributed by atoms with Crippen molar-refractivity contribution >= 4 is 31.4 Å². The number of phosphoric acid groups is 1. The zero-order valence-corrected chi connectivity index (χ0v) is 24.2. The molecule has 1 aromatic heterocycles. The van der Waals surface area contributed by atoms with Gasteiger partial charge in [0.2, 0.25) is 13.6 Å². The molecule has 0 fully saturated rings. The highest BCUT2D eigenvalue weighted by molar-refractivity contribution is 7.48. The highest BCUT2D eigenvalue weighted by Gasteiger charge is 2.36. The normalized spacial score (nSPS) is 14.9. The number of phosphoric ester groups is 1. The van der Waals surface area contributed by atoms with E-state index >= 15 is 4.39 Å². The largest absolute Gasteiger partial charge is 0.480 e. The molecule has 0 saturated heterocycles. The summed E-state index contributed by atoms with van der Waals surface area (Å²) in [7, 11) is -4.73. The highest BCUT2D eigenvalue weighted by atomic mass is 35.5. The van der Waals surface area contributed by atoms with E-state index in [0.29, 0.717) is 4.57 Å². The van der Waals surface area contributed by atoms with Gasteiger partial charge in [0.25, 0.3) is 5.56 Å². The Hall–Kier alpha value is -2.13. The maximum absolute atomic E-state index is 15.2. The van der Waals surface area contributed by atoms with Crippen LogP contribution >= 0.6 is 19.4 Å². The van der Waals surface area contributed by atoms with Crippen LogP contribution in [-0.4, -0.2) is 71.6 Å². The molecule has 17 heteroatoms. The van der Waals surface area contributed by atoms with Gasteiger partial charge >= 0.3 is 25.5 Å². The Balaban J connectivity index is 3.01. The standard InChI is InChI=1S/C22H35ClFN2O12P/c1-21(2,3)18(29)34-12-37-39(32,38-13-35-19(30)22(4,5)6)36-11-14(27)16(24)17(33-10-8-23)26-9-7-15(28)25-20(26)31/h7,9,14,16-17,27H,8,10-13H2,1-6H3,(H,25,28,31)/t14?,16-,17-/m1/s1. The van der Waals surface area contributed by atoms with Gasteiger partial charge in [-0.15, -0.1) is 11.6 Å². The number of aromatic amines is 1. The first-order chi connectivity index (χ1) is 17.9. The van der Waals surface area contributed by atoms with Gasteiger partial charge in [0, 0.05) is 18.1 Å². The molecule has 0 spiro atoms. The van der Waals surface area contributed by atoms with Crippen molar-refractivity contribution in [1.82, 2.24) is 9.55 Å². The molecular formula is C22H35ClFN2O12P. The average molecular weight is 605 g/mol. The summed E-state index contributed by atoms with van der Waals surface area (Å²) in [5.41, 5.74) is -3.63. The van der Waals surface area contributed by atoms with E-state index in [4.69, 9.17) is 39.4 Å². The number of carbonyl (C=O) groups excluding carboxylic acids is 2. The van der Waals surface area contributed by atoms with Crippen molar-refractivity contribution in [3.63, 3.8) is 0 Å². The van der Waals surface area contributed by atoms with Crippen LogP contribution in [0.15, 0.2) is 21.9 Å². The van der Waals surface area contributed by atoms with Crippen molar-refractivity contribution in [3.8, 4) is 0 Å². The monoisotopic (exact) mass is 604 g/mol. The number of esters is 2. The first kappa shape index (κ1) is 34.9. The van der Waals surface area contributed by atoms with Crippen molar-refractivity contribution in [2.45, 2.75) is 60.0 Å². The second kappa shape index (κ2) is 15.0. The van der Waals surface area contributed by atoms with Gasteiger partial charge in [-0.1, -0.05) is 0 Å². The summed E-state index contributed by atoms with van der Waals surface area (Å²) in [4.78, 5) is 49.3. The van der Waals surface area contributed by atoms with Gasteiger partial charge in [-0.25, -0.2) is 22.8 Å². The summed E-state index contributed by atoms with van der Waals surface area (Å²) in [6.07, 6.45) is -5.31. The van der Waals surface area contributed by atoms with Gasteiger partial charge < -0.3 is 19.3 Å². The Kier molecular flexibility index (Phi) is 13.4. The Morgan fingerprint density at radius 3 is 2.00 bits per heavy atom. The van der Waals surface area contributed by atoms with Crippen LogP contribution < -0.4 is 11.2 Å². The number of halogens is 2. The number of aliphatic hydroxyl groups is 1. The second-order valence-electron chi connectivity index (χ2n) is 10.1. The Morgan fingerprint density at radius 2 is 1.56 bits per heavy atom. The molecule has 224 valence electrons. The van der Waals surface area contributed by atoms with Crippen LogP contribution in [0.25, 0.3) is 0 Å². The number of carbonyl (C=O) groups is 2. The molecule has 14 nitrogen and oxygen atoms in total. The number of hydrogen-bond donors (Lipinski definition) is 2. The lowest BCUT2D eigenvalue weighted by atomic mass is 9.98. The number of alkyl halides is 2. The average Bonchev–Trinajstić information content (AvgIpc) is 2.82. The van der Waals surface area contributed by atoms with Crippen molar-refractivity contribution in [2.24, 2.45) is 10.8 Å². The zero-order valence-electron chi connectivity index (χ0n) is 22.5. The molecule has 0 aliphatic carbocycles. The first-order valence-electron chi connectivity index (χ1n) is 11.6. The lowest BCUT2D eigenvalue weighted by molar-refractivity contribution is -0.164. The number of nitrogens with one attached hydrogen (secondary N) is 1. The first-order valence-corrected chi connectivity index (χ1v) is 13.6. The third-order valence-corrected chi connectivity index (χ3v) is 6.02. The maximum atomic E-state index is 15.2. The number of hydrogen-bond acceptors (Lipinski definition) is 12. The van der Waals surface area contributed by atoms with Crippen molar-refractivity contribution in [1.29, 1.82) is 0 Å². The molecular weight excluding hydrogens is 570 g/mol. The van der Waals surface area contributed by atoms with E-state index in [1.807, 2.05) is 4.98 Å². The van der Waals surface area contributed by atoms with E-state index in [-0.39, 0.29) is 12.5 Å². The number of aromatic nitrogens is 2. The number of H-pyrrole nitrogens is 1. The predicted octanol–water partition coefficient (Wildman–Crippen LogP) is 2.24. The van der Waals surface area contributed by atoms with E-state index in [1.54, 1.807) is 41.5 Å². The quantitative estimate of drug-likeness (QED) is 0.129. The van der Waals surface area contributed by atoms with E-state index in [0.717, 1.165) is 12.3 Å². The third kappa shape index (κ3) is 11.9. The fourth-order valence-electron chi connectivity index (χ4n) is 2.40. The molecule has 2 N–H and O–H groups in total. The molecule has 0 aliphatic heterocycles. The molecule has 0 aromatic carbocycles. The fraction of sp³-hybridized carbons (Fsp3) is 0.727. The molecule has 1 heterocycles. The Morgan fingerprint density at radius 1 is 1.05 bits per heavy atom. The summed E-state index contributed by atoms with van der Waals surface area (Å²) < 4.78 is 58.8. The van der Waals surface area contributed by atoms with Crippen LogP contribution in [0.1, 0.15) is 47.8 Å². The number of nitrogens with zero attached hydrogens (tertiary/aromatic N) is 1. The molecule has 0 radical (unpaired) electrons. The van der Waals surface area contributed by atoms with Crippen LogP contribution in [0.4, 0.5) is 4.39 Å². The van der Waals surface area contributed by atoms with Crippen LogP contribution in [-0.2, 0) is 41.9 Å². The van der Waals surface area contributed by atoms with E-state index in [1.165, 1.54) is 0 Å². The lowest BCUT2D eigenvalue weighted by Gasteiger charge is -2.27. The number of aliphatic hydroxyl groups excluding tert-OH is 1. The van der Waals surface area contributed by atoms with Gasteiger partial charge in [-0.05, 0) is 41.5 Å². The molecule has 0 bridgehead atoms. The van der Waals surface area contributed by atoms with Crippen molar-refractivity contribution in [2.75, 3.05) is 32.7 Å². The van der Waals surface area contributed by atoms with E-state index in [9.17, 15) is 28.8 Å². The topological polar surface area (TPSA) is 182 Å². The Bertz CT molecular complexity index is 1080. The number of rotatable bonds is 15. The zero-order chi connectivity index (χ0) is 30.0. The van der Waals surface area contributed by atoms with Crippen LogP contribution in [0.2, 0.25) is 0 Å². The highest BCUT2D eigenvalue weighted by Crippen LogP contribution is 2.49. The Labute approximate surface area is 229 Å². The van der Waals surface area contributed by atoms with E-state index < -0.39 is 80.5 Å².